The number of methoxy groups -OCH3 is 1. The van der Waals surface area contributed by atoms with E-state index in [0.29, 0.717) is 50.2 Å². The van der Waals surface area contributed by atoms with Gasteiger partial charge in [-0.3, -0.25) is 4.21 Å². The molecule has 4 aromatic rings. The van der Waals surface area contributed by atoms with Crippen LogP contribution in [0.2, 0.25) is 0 Å². The molecule has 0 radical (unpaired) electrons. The first-order valence-electron chi connectivity index (χ1n) is 9.42. The van der Waals surface area contributed by atoms with E-state index >= 15 is 0 Å². The highest BCUT2D eigenvalue weighted by Crippen LogP contribution is 2.42. The summed E-state index contributed by atoms with van der Waals surface area (Å²) in [7, 11) is 0.330. The van der Waals surface area contributed by atoms with Crippen LogP contribution in [-0.4, -0.2) is 38.6 Å². The smallest absolute Gasteiger partial charge is 0.219 e. The van der Waals surface area contributed by atoms with Gasteiger partial charge in [0.15, 0.2) is 0 Å². The summed E-state index contributed by atoms with van der Waals surface area (Å²) in [4.78, 5) is 13.4. The van der Waals surface area contributed by atoms with Crippen molar-refractivity contribution < 1.29 is 13.3 Å². The van der Waals surface area contributed by atoms with Crippen LogP contribution in [0, 0.1) is 5.82 Å². The first-order chi connectivity index (χ1) is 15.0. The molecule has 0 spiro atoms. The summed E-state index contributed by atoms with van der Waals surface area (Å²) in [6.45, 7) is 0.525. The van der Waals surface area contributed by atoms with Gasteiger partial charge in [-0.15, -0.1) is 11.3 Å². The number of pyridine rings is 1. The van der Waals surface area contributed by atoms with Gasteiger partial charge in [-0.2, -0.15) is 0 Å². The minimum Gasteiger partial charge on any atom is -0.396 e. The number of rotatable bonds is 7. The number of hydrogen-bond acceptors (Lipinski definition) is 8. The molecule has 0 unspecified atom stereocenters. The Morgan fingerprint density at radius 3 is 2.52 bits per heavy atom. The van der Waals surface area contributed by atoms with Gasteiger partial charge in [0, 0.05) is 42.8 Å². The molecule has 3 aromatic heterocycles. The maximum atomic E-state index is 13.5. The summed E-state index contributed by atoms with van der Waals surface area (Å²) in [6, 6.07) is 7.99. The average Bonchev–Trinajstić information content (AvgIpc) is 3.11. The van der Waals surface area contributed by atoms with Crippen molar-refractivity contribution in [3.05, 3.63) is 48.5 Å². The quantitative estimate of drug-likeness (QED) is 0.405. The van der Waals surface area contributed by atoms with Crippen molar-refractivity contribution in [2.24, 2.45) is 0 Å². The molecule has 0 saturated heterocycles. The predicted molar refractivity (Wildman–Crippen MR) is 123 cm³/mol. The number of nitrogen functional groups attached to an aromatic ring is 2. The Kier molecular flexibility index (Phi) is 6.21. The number of nitrogens with zero attached hydrogens (tertiary/aromatic N) is 3. The molecule has 7 nitrogen and oxygen atoms in total. The molecule has 0 aliphatic carbocycles. The number of halogens is 1. The number of nitrogens with two attached hydrogens (primary N) is 2. The van der Waals surface area contributed by atoms with Gasteiger partial charge in [0.25, 0.3) is 0 Å². The van der Waals surface area contributed by atoms with Crippen molar-refractivity contribution in [2.45, 2.75) is 10.6 Å². The maximum absolute atomic E-state index is 13.5. The summed E-state index contributed by atoms with van der Waals surface area (Å²) < 4.78 is 32.0. The molecule has 1 atom stereocenters. The minimum absolute atomic E-state index is 0.165. The predicted octanol–water partition coefficient (Wildman–Crippen LogP) is 3.87. The van der Waals surface area contributed by atoms with Crippen LogP contribution in [-0.2, 0) is 15.5 Å². The lowest BCUT2D eigenvalue weighted by molar-refractivity contribution is 0.200. The van der Waals surface area contributed by atoms with Gasteiger partial charge in [0.05, 0.1) is 22.2 Å². The molecule has 3 heterocycles. The second kappa shape index (κ2) is 9.04. The number of thiophene rings is 1. The molecule has 0 aliphatic heterocycles. The molecular weight excluding hydrogens is 437 g/mol. The summed E-state index contributed by atoms with van der Waals surface area (Å²) in [5.41, 5.74) is 15.3. The van der Waals surface area contributed by atoms with Crippen LogP contribution in [0.5, 0.6) is 0 Å². The molecule has 4 rings (SSSR count). The number of anilines is 2. The van der Waals surface area contributed by atoms with Crippen molar-refractivity contribution in [1.82, 2.24) is 15.0 Å². The molecule has 0 aliphatic rings. The second-order valence-corrected chi connectivity index (χ2v) is 9.54. The molecule has 4 N–H and O–H groups in total. The summed E-state index contributed by atoms with van der Waals surface area (Å²) in [5.74, 6) is 0.271. The summed E-state index contributed by atoms with van der Waals surface area (Å²) in [6.07, 6.45) is 3.83. The van der Waals surface area contributed by atoms with Gasteiger partial charge in [-0.25, -0.2) is 19.3 Å². The Hall–Kier alpha value is -2.95. The molecule has 10 heteroatoms. The zero-order valence-corrected chi connectivity index (χ0v) is 18.3. The monoisotopic (exact) mass is 457 g/mol. The highest BCUT2D eigenvalue weighted by atomic mass is 32.2. The topological polar surface area (TPSA) is 117 Å². The number of hydrogen-bond donors (Lipinski definition) is 2. The number of benzene rings is 1. The molecule has 0 amide bonds. The van der Waals surface area contributed by atoms with Gasteiger partial charge in [-0.05, 0) is 35.7 Å². The van der Waals surface area contributed by atoms with E-state index in [1.807, 2.05) is 6.07 Å². The van der Waals surface area contributed by atoms with E-state index in [1.54, 1.807) is 31.6 Å². The second-order valence-electron chi connectivity index (χ2n) is 6.77. The largest absolute Gasteiger partial charge is 0.396 e. The van der Waals surface area contributed by atoms with Crippen molar-refractivity contribution in [3.8, 4) is 22.4 Å². The molecule has 160 valence electrons. The third-order valence-corrected chi connectivity index (χ3v) is 7.67. The van der Waals surface area contributed by atoms with E-state index in [1.165, 1.54) is 23.5 Å². The van der Waals surface area contributed by atoms with Crippen LogP contribution >= 0.6 is 11.3 Å². The van der Waals surface area contributed by atoms with Crippen LogP contribution in [0.4, 0.5) is 16.0 Å². The normalized spacial score (nSPS) is 12.3. The van der Waals surface area contributed by atoms with Gasteiger partial charge >= 0.3 is 0 Å². The third-order valence-electron chi connectivity index (χ3n) is 4.67. The van der Waals surface area contributed by atoms with Gasteiger partial charge < -0.3 is 16.2 Å². The Balaban J connectivity index is 1.89. The molecule has 1 aromatic carbocycles. The zero-order chi connectivity index (χ0) is 22.0. The van der Waals surface area contributed by atoms with E-state index < -0.39 is 10.8 Å². The minimum atomic E-state index is -1.28. The van der Waals surface area contributed by atoms with Gasteiger partial charge in [0.2, 0.25) is 5.95 Å². The van der Waals surface area contributed by atoms with Crippen LogP contribution in [0.3, 0.4) is 0 Å². The van der Waals surface area contributed by atoms with Crippen molar-refractivity contribution in [1.29, 1.82) is 0 Å². The average molecular weight is 458 g/mol. The Morgan fingerprint density at radius 1 is 1.13 bits per heavy atom. The molecule has 0 fully saturated rings. The van der Waals surface area contributed by atoms with Crippen molar-refractivity contribution in [3.63, 3.8) is 0 Å². The highest BCUT2D eigenvalue weighted by Gasteiger charge is 2.21. The Morgan fingerprint density at radius 2 is 1.84 bits per heavy atom. The first kappa shape index (κ1) is 21.3. The molecule has 0 bridgehead atoms. The first-order valence-corrected chi connectivity index (χ1v) is 11.6. The van der Waals surface area contributed by atoms with E-state index in [0.717, 1.165) is 11.1 Å². The highest BCUT2D eigenvalue weighted by molar-refractivity contribution is 7.87. The van der Waals surface area contributed by atoms with Crippen LogP contribution < -0.4 is 11.5 Å². The third kappa shape index (κ3) is 4.41. The lowest BCUT2D eigenvalue weighted by Crippen LogP contribution is -2.02. The van der Waals surface area contributed by atoms with Crippen LogP contribution in [0.25, 0.3) is 32.6 Å². The fourth-order valence-corrected chi connectivity index (χ4v) is 5.80. The van der Waals surface area contributed by atoms with E-state index in [2.05, 4.69) is 9.97 Å². The SMILES string of the molecule is COCCC[S@@](=O)c1sc2nc(-c3cnc(N)nc3)cc(-c3ccc(F)cc3)c2c1N. The Labute approximate surface area is 184 Å². The zero-order valence-electron chi connectivity index (χ0n) is 16.7. The van der Waals surface area contributed by atoms with E-state index in [9.17, 15) is 8.60 Å². The summed E-state index contributed by atoms with van der Waals surface area (Å²) in [5, 5.41) is 0.701. The van der Waals surface area contributed by atoms with Crippen LogP contribution in [0.15, 0.2) is 46.9 Å². The fourth-order valence-electron chi connectivity index (χ4n) is 3.17. The van der Waals surface area contributed by atoms with Gasteiger partial charge in [0.1, 0.15) is 14.9 Å². The standard InChI is InChI=1S/C21H20FN5O2S2/c1-29-7-2-8-31(28)20-18(23)17-15(12-3-5-14(22)6-4-12)9-16(27-19(17)30-20)13-10-25-21(24)26-11-13/h3-6,9-11H,2,7-8,23H2,1H3,(H2,24,25,26)/t31-/m1/s1. The molecule has 31 heavy (non-hydrogen) atoms. The van der Waals surface area contributed by atoms with Crippen molar-refractivity contribution >= 4 is 44.0 Å². The van der Waals surface area contributed by atoms with E-state index in [4.69, 9.17) is 21.2 Å². The van der Waals surface area contributed by atoms with Crippen LogP contribution in [0.1, 0.15) is 6.42 Å². The number of ether oxygens (including phenoxy) is 1. The number of aromatic nitrogens is 3. The van der Waals surface area contributed by atoms with Crippen molar-refractivity contribution in [2.75, 3.05) is 30.9 Å². The lowest BCUT2D eigenvalue weighted by Gasteiger charge is -2.09. The molecule has 0 saturated carbocycles. The fraction of sp³-hybridized carbons (Fsp3) is 0.190. The number of fused-ring (bicyclic) bond motifs is 1. The lowest BCUT2D eigenvalue weighted by atomic mass is 10.0. The Bertz CT molecular complexity index is 1240. The maximum Gasteiger partial charge on any atom is 0.219 e. The summed E-state index contributed by atoms with van der Waals surface area (Å²) >= 11 is 1.30. The molecular formula is C21H20FN5O2S2. The van der Waals surface area contributed by atoms with Gasteiger partial charge in [-0.1, -0.05) is 12.1 Å². The van der Waals surface area contributed by atoms with E-state index in [-0.39, 0.29) is 11.8 Å².